The van der Waals surface area contributed by atoms with Crippen molar-refractivity contribution in [1.82, 2.24) is 0 Å². The molecule has 1 aliphatic rings. The maximum atomic E-state index is 12.7. The minimum atomic E-state index is -0.234. The van der Waals surface area contributed by atoms with Gasteiger partial charge in [-0.3, -0.25) is 4.79 Å². The predicted molar refractivity (Wildman–Crippen MR) is 89.8 cm³/mol. The van der Waals surface area contributed by atoms with Crippen LogP contribution >= 0.6 is 15.9 Å². The average molecular weight is 352 g/mol. The Bertz CT molecular complexity index is 970. The summed E-state index contributed by atoms with van der Waals surface area (Å²) in [6.07, 6.45) is 0. The SMILES string of the molecule is O=C1C(c2cccc3ccccc23)=[N+]([O-])c2ccc(Br)cc21. The number of benzene rings is 3. The van der Waals surface area contributed by atoms with Crippen molar-refractivity contribution < 1.29 is 9.53 Å². The number of hydrogen-bond acceptors (Lipinski definition) is 2. The largest absolute Gasteiger partial charge is 0.618 e. The fourth-order valence-electron chi connectivity index (χ4n) is 2.87. The highest BCUT2D eigenvalue weighted by Gasteiger charge is 2.37. The van der Waals surface area contributed by atoms with E-state index in [0.29, 0.717) is 16.8 Å². The number of nitrogens with zero attached hydrogens (tertiary/aromatic N) is 1. The van der Waals surface area contributed by atoms with Crippen LogP contribution in [0.15, 0.2) is 65.1 Å². The lowest BCUT2D eigenvalue weighted by atomic mass is 9.97. The first-order valence-corrected chi connectivity index (χ1v) is 7.63. The van der Waals surface area contributed by atoms with Gasteiger partial charge in [0, 0.05) is 10.5 Å². The zero-order valence-electron chi connectivity index (χ0n) is 11.4. The zero-order chi connectivity index (χ0) is 15.3. The summed E-state index contributed by atoms with van der Waals surface area (Å²) in [5.74, 6) is -0.234. The molecule has 3 nitrogen and oxygen atoms in total. The number of ketones is 1. The molecule has 0 aliphatic carbocycles. The van der Waals surface area contributed by atoms with Crippen LogP contribution in [-0.4, -0.2) is 16.2 Å². The summed E-state index contributed by atoms with van der Waals surface area (Å²) in [4.78, 5) is 12.7. The topological polar surface area (TPSA) is 43.1 Å². The Morgan fingerprint density at radius 3 is 2.55 bits per heavy atom. The van der Waals surface area contributed by atoms with Gasteiger partial charge in [-0.1, -0.05) is 52.3 Å². The van der Waals surface area contributed by atoms with E-state index in [1.807, 2.05) is 42.5 Å². The Kier molecular flexibility index (Phi) is 2.87. The van der Waals surface area contributed by atoms with Crippen LogP contribution in [0.5, 0.6) is 0 Å². The first-order valence-electron chi connectivity index (χ1n) is 6.83. The van der Waals surface area contributed by atoms with Crippen molar-refractivity contribution in [1.29, 1.82) is 0 Å². The van der Waals surface area contributed by atoms with Crippen molar-refractivity contribution >= 4 is 43.9 Å². The van der Waals surface area contributed by atoms with Crippen LogP contribution < -0.4 is 0 Å². The lowest BCUT2D eigenvalue weighted by Gasteiger charge is -2.05. The molecule has 1 heterocycles. The van der Waals surface area contributed by atoms with Crippen molar-refractivity contribution in [2.24, 2.45) is 0 Å². The van der Waals surface area contributed by atoms with Crippen molar-refractivity contribution in [3.05, 3.63) is 81.5 Å². The first kappa shape index (κ1) is 13.2. The Hall–Kier alpha value is -2.46. The second-order valence-corrected chi connectivity index (χ2v) is 6.08. The molecular formula is C18H10BrNO2. The summed E-state index contributed by atoms with van der Waals surface area (Å²) in [5.41, 5.74) is 1.69. The lowest BCUT2D eigenvalue weighted by molar-refractivity contribution is -0.355. The lowest BCUT2D eigenvalue weighted by Crippen LogP contribution is -2.17. The van der Waals surface area contributed by atoms with Gasteiger partial charge in [0.15, 0.2) is 0 Å². The van der Waals surface area contributed by atoms with Gasteiger partial charge in [0.25, 0.3) is 11.5 Å². The van der Waals surface area contributed by atoms with Gasteiger partial charge < -0.3 is 5.21 Å². The molecule has 0 spiro atoms. The molecule has 4 heteroatoms. The normalized spacial score (nSPS) is 13.8. The standard InChI is InChI=1S/C18H10BrNO2/c19-12-8-9-16-15(10-12)18(21)17(20(16)22)14-7-3-5-11-4-1-2-6-13(11)14/h1-10H. The van der Waals surface area contributed by atoms with Gasteiger partial charge in [0.2, 0.25) is 5.69 Å². The summed E-state index contributed by atoms with van der Waals surface area (Å²) in [6.45, 7) is 0. The van der Waals surface area contributed by atoms with E-state index < -0.39 is 0 Å². The summed E-state index contributed by atoms with van der Waals surface area (Å²) in [7, 11) is 0. The number of fused-ring (bicyclic) bond motifs is 2. The van der Waals surface area contributed by atoms with Crippen LogP contribution in [0.25, 0.3) is 10.8 Å². The quantitative estimate of drug-likeness (QED) is 0.480. The molecule has 0 amide bonds. The van der Waals surface area contributed by atoms with E-state index in [0.717, 1.165) is 20.0 Å². The van der Waals surface area contributed by atoms with E-state index in [4.69, 9.17) is 0 Å². The van der Waals surface area contributed by atoms with Crippen LogP contribution in [-0.2, 0) is 0 Å². The van der Waals surface area contributed by atoms with E-state index in [1.165, 1.54) is 0 Å². The van der Waals surface area contributed by atoms with Crippen LogP contribution in [0.2, 0.25) is 0 Å². The first-order chi connectivity index (χ1) is 10.7. The Morgan fingerprint density at radius 2 is 1.68 bits per heavy atom. The molecule has 22 heavy (non-hydrogen) atoms. The Balaban J connectivity index is 2.01. The molecule has 0 atom stereocenters. The number of carbonyl (C=O) groups excluding carboxylic acids is 1. The van der Waals surface area contributed by atoms with Crippen LogP contribution in [0.1, 0.15) is 15.9 Å². The molecule has 106 valence electrons. The molecular weight excluding hydrogens is 342 g/mol. The molecule has 0 saturated carbocycles. The fourth-order valence-corrected chi connectivity index (χ4v) is 3.23. The van der Waals surface area contributed by atoms with Crippen molar-refractivity contribution in [2.45, 2.75) is 0 Å². The molecule has 0 N–H and O–H groups in total. The molecule has 1 aliphatic heterocycles. The Morgan fingerprint density at radius 1 is 0.909 bits per heavy atom. The minimum absolute atomic E-state index is 0.185. The van der Waals surface area contributed by atoms with Gasteiger partial charge in [-0.05, 0) is 29.0 Å². The van der Waals surface area contributed by atoms with Crippen LogP contribution in [0.4, 0.5) is 5.69 Å². The number of carbonyl (C=O) groups is 1. The summed E-state index contributed by atoms with van der Waals surface area (Å²) in [6, 6.07) is 18.5. The van der Waals surface area contributed by atoms with Gasteiger partial charge >= 0.3 is 0 Å². The third kappa shape index (κ3) is 1.81. The number of halogens is 1. The highest BCUT2D eigenvalue weighted by Crippen LogP contribution is 2.32. The molecule has 0 unspecified atom stereocenters. The molecule has 0 fully saturated rings. The van der Waals surface area contributed by atoms with Crippen LogP contribution in [0.3, 0.4) is 0 Å². The summed E-state index contributed by atoms with van der Waals surface area (Å²) in [5, 5.41) is 14.5. The highest BCUT2D eigenvalue weighted by molar-refractivity contribution is 9.10. The third-order valence-electron chi connectivity index (χ3n) is 3.88. The number of hydrogen-bond donors (Lipinski definition) is 0. The summed E-state index contributed by atoms with van der Waals surface area (Å²) < 4.78 is 1.53. The Labute approximate surface area is 135 Å². The van der Waals surface area contributed by atoms with E-state index in [9.17, 15) is 10.0 Å². The van der Waals surface area contributed by atoms with Crippen LogP contribution in [0, 0.1) is 5.21 Å². The third-order valence-corrected chi connectivity index (χ3v) is 4.38. The van der Waals surface area contributed by atoms with Crippen molar-refractivity contribution in [2.75, 3.05) is 0 Å². The monoisotopic (exact) mass is 351 g/mol. The van der Waals surface area contributed by atoms with E-state index in [2.05, 4.69) is 15.9 Å². The van der Waals surface area contributed by atoms with Gasteiger partial charge in [-0.15, -0.1) is 0 Å². The van der Waals surface area contributed by atoms with Crippen molar-refractivity contribution in [3.8, 4) is 0 Å². The predicted octanol–water partition coefficient (Wildman–Crippen LogP) is 4.43. The van der Waals surface area contributed by atoms with E-state index in [-0.39, 0.29) is 11.5 Å². The molecule has 0 saturated heterocycles. The molecule has 3 aromatic carbocycles. The van der Waals surface area contributed by atoms with Gasteiger partial charge in [-0.25, -0.2) is 0 Å². The fraction of sp³-hybridized carbons (Fsp3) is 0. The molecule has 3 aromatic rings. The molecule has 0 aromatic heterocycles. The second kappa shape index (κ2) is 4.78. The molecule has 0 radical (unpaired) electrons. The van der Waals surface area contributed by atoms with Gasteiger partial charge in [0.1, 0.15) is 5.56 Å². The smallest absolute Gasteiger partial charge is 0.273 e. The maximum absolute atomic E-state index is 12.7. The maximum Gasteiger partial charge on any atom is 0.273 e. The zero-order valence-corrected chi connectivity index (χ0v) is 13.0. The highest BCUT2D eigenvalue weighted by atomic mass is 79.9. The number of rotatable bonds is 1. The van der Waals surface area contributed by atoms with Gasteiger partial charge in [-0.2, -0.15) is 4.74 Å². The van der Waals surface area contributed by atoms with E-state index in [1.54, 1.807) is 18.2 Å². The summed E-state index contributed by atoms with van der Waals surface area (Å²) >= 11 is 3.35. The number of Topliss-reactive ketones (excluding diaryl/α,β-unsaturated/α-hetero) is 1. The van der Waals surface area contributed by atoms with Crippen molar-refractivity contribution in [3.63, 3.8) is 0 Å². The van der Waals surface area contributed by atoms with E-state index >= 15 is 0 Å². The average Bonchev–Trinajstić information content (AvgIpc) is 2.78. The molecule has 4 rings (SSSR count). The second-order valence-electron chi connectivity index (χ2n) is 5.16. The minimum Gasteiger partial charge on any atom is -0.618 e. The van der Waals surface area contributed by atoms with Gasteiger partial charge in [0.05, 0.1) is 5.56 Å². The molecule has 0 bridgehead atoms.